The van der Waals surface area contributed by atoms with Crippen molar-refractivity contribution < 1.29 is 14.9 Å². The van der Waals surface area contributed by atoms with Gasteiger partial charge in [0.2, 0.25) is 0 Å². The van der Waals surface area contributed by atoms with Crippen LogP contribution in [-0.4, -0.2) is 34.1 Å². The van der Waals surface area contributed by atoms with Crippen LogP contribution in [0.3, 0.4) is 0 Å². The topological polar surface area (TPSA) is 49.7 Å². The highest BCUT2D eigenvalue weighted by Gasteiger charge is 2.29. The zero-order valence-electron chi connectivity index (χ0n) is 8.66. The third-order valence-electron chi connectivity index (χ3n) is 2.13. The van der Waals surface area contributed by atoms with E-state index >= 15 is 0 Å². The lowest BCUT2D eigenvalue weighted by Gasteiger charge is -2.34. The Bertz CT molecular complexity index is 152. The molecular formula is C10H20O3. The Morgan fingerprint density at radius 2 is 1.46 bits per heavy atom. The summed E-state index contributed by atoms with van der Waals surface area (Å²) in [6.07, 6.45) is 0.970. The van der Waals surface area contributed by atoms with Gasteiger partial charge in [-0.05, 0) is 40.0 Å². The second-order valence-corrected chi connectivity index (χ2v) is 4.87. The summed E-state index contributed by atoms with van der Waals surface area (Å²) in [6, 6.07) is 0. The molecule has 78 valence electrons. The fourth-order valence-corrected chi connectivity index (χ4v) is 1.81. The van der Waals surface area contributed by atoms with Gasteiger partial charge in [0.15, 0.2) is 0 Å². The molecule has 0 aromatic rings. The average molecular weight is 188 g/mol. The van der Waals surface area contributed by atoms with Gasteiger partial charge < -0.3 is 14.9 Å². The number of aliphatic hydroxyl groups is 2. The van der Waals surface area contributed by atoms with Crippen molar-refractivity contribution in [3.8, 4) is 0 Å². The van der Waals surface area contributed by atoms with Crippen molar-refractivity contribution in [3.05, 3.63) is 0 Å². The van der Waals surface area contributed by atoms with Crippen LogP contribution in [0.4, 0.5) is 0 Å². The minimum Gasteiger partial charge on any atom is -0.393 e. The van der Waals surface area contributed by atoms with Crippen molar-refractivity contribution in [1.82, 2.24) is 0 Å². The summed E-state index contributed by atoms with van der Waals surface area (Å²) in [5.74, 6) is 0. The molecule has 3 atom stereocenters. The quantitative estimate of drug-likeness (QED) is 0.647. The monoisotopic (exact) mass is 188 g/mol. The maximum Gasteiger partial charge on any atom is 0.0631 e. The first-order valence-corrected chi connectivity index (χ1v) is 4.91. The molecule has 0 heterocycles. The fraction of sp³-hybridized carbons (Fsp3) is 1.00. The predicted octanol–water partition coefficient (Wildman–Crippen LogP) is 1.08. The van der Waals surface area contributed by atoms with Crippen molar-refractivity contribution in [2.45, 2.75) is 63.9 Å². The molecule has 1 rings (SSSR count). The third kappa shape index (κ3) is 4.07. The second kappa shape index (κ2) is 3.95. The highest BCUT2D eigenvalue weighted by atomic mass is 16.5. The van der Waals surface area contributed by atoms with Gasteiger partial charge in [0.1, 0.15) is 0 Å². The van der Waals surface area contributed by atoms with Crippen LogP contribution in [0, 0.1) is 0 Å². The molecule has 1 aliphatic carbocycles. The van der Waals surface area contributed by atoms with E-state index in [9.17, 15) is 10.2 Å². The van der Waals surface area contributed by atoms with Crippen LogP contribution in [0.2, 0.25) is 0 Å². The van der Waals surface area contributed by atoms with Gasteiger partial charge in [0.25, 0.3) is 0 Å². The molecule has 2 N–H and O–H groups in total. The van der Waals surface area contributed by atoms with E-state index in [4.69, 9.17) is 4.74 Å². The smallest absolute Gasteiger partial charge is 0.0631 e. The van der Waals surface area contributed by atoms with Gasteiger partial charge in [0, 0.05) is 0 Å². The van der Waals surface area contributed by atoms with E-state index < -0.39 is 12.2 Å². The van der Waals surface area contributed by atoms with Crippen LogP contribution in [0.15, 0.2) is 0 Å². The maximum absolute atomic E-state index is 9.41. The molecule has 0 aromatic heterocycles. The van der Waals surface area contributed by atoms with Gasteiger partial charge in [-0.2, -0.15) is 0 Å². The Labute approximate surface area is 79.7 Å². The zero-order chi connectivity index (χ0) is 10.1. The number of hydrogen-bond acceptors (Lipinski definition) is 3. The Morgan fingerprint density at radius 3 is 1.85 bits per heavy atom. The Balaban J connectivity index is 2.42. The van der Waals surface area contributed by atoms with Crippen LogP contribution in [0.5, 0.6) is 0 Å². The molecule has 0 amide bonds. The van der Waals surface area contributed by atoms with Gasteiger partial charge in [-0.1, -0.05) is 0 Å². The number of ether oxygens (including phenoxy) is 1. The zero-order valence-corrected chi connectivity index (χ0v) is 8.66. The van der Waals surface area contributed by atoms with Crippen molar-refractivity contribution in [2.75, 3.05) is 0 Å². The Kier molecular flexibility index (Phi) is 3.33. The Morgan fingerprint density at radius 1 is 1.00 bits per heavy atom. The number of hydrogen-bond donors (Lipinski definition) is 2. The van der Waals surface area contributed by atoms with E-state index in [0.29, 0.717) is 19.3 Å². The summed E-state index contributed by atoms with van der Waals surface area (Å²) in [4.78, 5) is 0. The third-order valence-corrected chi connectivity index (χ3v) is 2.13. The first kappa shape index (κ1) is 11.0. The molecule has 3 nitrogen and oxygen atoms in total. The molecule has 1 saturated carbocycles. The summed E-state index contributed by atoms with van der Waals surface area (Å²) in [7, 11) is 0. The van der Waals surface area contributed by atoms with Crippen LogP contribution in [0.25, 0.3) is 0 Å². The minimum atomic E-state index is -0.406. The molecule has 1 fully saturated rings. The second-order valence-electron chi connectivity index (χ2n) is 4.87. The predicted molar refractivity (Wildman–Crippen MR) is 50.5 cm³/mol. The molecule has 0 aromatic carbocycles. The van der Waals surface area contributed by atoms with E-state index in [-0.39, 0.29) is 11.7 Å². The summed E-state index contributed by atoms with van der Waals surface area (Å²) >= 11 is 0. The standard InChI is InChI=1S/C10H20O3/c1-10(2,3)13-9-5-7(11)4-8(12)6-9/h7-9,11-12H,4-6H2,1-3H3/t7-,8+,9?. The number of rotatable bonds is 1. The highest BCUT2D eigenvalue weighted by molar-refractivity contribution is 4.80. The van der Waals surface area contributed by atoms with Gasteiger partial charge in [0.05, 0.1) is 23.9 Å². The largest absolute Gasteiger partial charge is 0.393 e. The molecule has 0 spiro atoms. The number of aliphatic hydroxyl groups excluding tert-OH is 2. The summed E-state index contributed by atoms with van der Waals surface area (Å²) in [6.45, 7) is 5.96. The van der Waals surface area contributed by atoms with Crippen molar-refractivity contribution >= 4 is 0 Å². The summed E-state index contributed by atoms with van der Waals surface area (Å²) in [5.41, 5.74) is -0.193. The SMILES string of the molecule is CC(C)(C)OC1C[C@@H](O)C[C@@H](O)C1. The van der Waals surface area contributed by atoms with Gasteiger partial charge >= 0.3 is 0 Å². The van der Waals surface area contributed by atoms with Gasteiger partial charge in [-0.25, -0.2) is 0 Å². The van der Waals surface area contributed by atoms with E-state index in [1.54, 1.807) is 0 Å². The molecule has 0 saturated heterocycles. The van der Waals surface area contributed by atoms with Gasteiger partial charge in [-0.3, -0.25) is 0 Å². The van der Waals surface area contributed by atoms with Crippen LogP contribution in [-0.2, 0) is 4.74 Å². The fourth-order valence-electron chi connectivity index (χ4n) is 1.81. The molecule has 1 unspecified atom stereocenters. The highest BCUT2D eigenvalue weighted by Crippen LogP contribution is 2.25. The molecule has 3 heteroatoms. The van der Waals surface area contributed by atoms with Crippen molar-refractivity contribution in [1.29, 1.82) is 0 Å². The summed E-state index contributed by atoms with van der Waals surface area (Å²) < 4.78 is 5.70. The van der Waals surface area contributed by atoms with Crippen LogP contribution in [0.1, 0.15) is 40.0 Å². The summed E-state index contributed by atoms with van der Waals surface area (Å²) in [5, 5.41) is 18.8. The normalized spacial score (nSPS) is 36.2. The first-order chi connectivity index (χ1) is 5.87. The van der Waals surface area contributed by atoms with Crippen LogP contribution < -0.4 is 0 Å². The Hall–Kier alpha value is -0.120. The van der Waals surface area contributed by atoms with Gasteiger partial charge in [-0.15, -0.1) is 0 Å². The van der Waals surface area contributed by atoms with Crippen LogP contribution >= 0.6 is 0 Å². The van der Waals surface area contributed by atoms with E-state index in [1.807, 2.05) is 20.8 Å². The van der Waals surface area contributed by atoms with E-state index in [0.717, 1.165) is 0 Å². The molecule has 1 aliphatic rings. The van der Waals surface area contributed by atoms with Crippen molar-refractivity contribution in [3.63, 3.8) is 0 Å². The maximum atomic E-state index is 9.41. The molecule has 13 heavy (non-hydrogen) atoms. The minimum absolute atomic E-state index is 0.00116. The lowest BCUT2D eigenvalue weighted by Crippen LogP contribution is -2.38. The molecule has 0 bridgehead atoms. The first-order valence-electron chi connectivity index (χ1n) is 4.91. The van der Waals surface area contributed by atoms with E-state index in [2.05, 4.69) is 0 Å². The molecular weight excluding hydrogens is 168 g/mol. The van der Waals surface area contributed by atoms with E-state index in [1.165, 1.54) is 0 Å². The molecule has 0 aliphatic heterocycles. The molecule has 0 radical (unpaired) electrons. The average Bonchev–Trinajstić information content (AvgIpc) is 1.78. The lowest BCUT2D eigenvalue weighted by atomic mass is 9.92. The van der Waals surface area contributed by atoms with Crippen molar-refractivity contribution in [2.24, 2.45) is 0 Å². The lowest BCUT2D eigenvalue weighted by molar-refractivity contribution is -0.115.